The lowest BCUT2D eigenvalue weighted by Crippen LogP contribution is -2.01. The molecule has 0 amide bonds. The summed E-state index contributed by atoms with van der Waals surface area (Å²) in [6.45, 7) is 7.14. The minimum absolute atomic E-state index is 0. The molecule has 6 nitrogen and oxygen atoms in total. The summed E-state index contributed by atoms with van der Waals surface area (Å²) in [5.74, 6) is 1.67. The summed E-state index contributed by atoms with van der Waals surface area (Å²) in [4.78, 5) is 28.7. The van der Waals surface area contributed by atoms with Crippen molar-refractivity contribution in [1.82, 2.24) is 14.5 Å². The third-order valence-electron chi connectivity index (χ3n) is 3.77. The normalized spacial score (nSPS) is 9.35. The number of carbonyl (C=O) groups excluding carboxylic acids is 2. The van der Waals surface area contributed by atoms with Crippen molar-refractivity contribution in [2.45, 2.75) is 48.0 Å². The molecule has 0 spiro atoms. The van der Waals surface area contributed by atoms with E-state index in [0.29, 0.717) is 18.7 Å². The molecule has 0 aliphatic heterocycles. The molecular weight excluding hydrogens is 524 g/mol. The highest BCUT2D eigenvalue weighted by atomic mass is 79.9. The molecule has 0 radical (unpaired) electrons. The maximum absolute atomic E-state index is 10.2. The number of nitrogens with two attached hydrogens (primary N) is 1. The van der Waals surface area contributed by atoms with Crippen molar-refractivity contribution < 1.29 is 9.59 Å². The first-order chi connectivity index (χ1) is 14.1. The number of halogens is 2. The van der Waals surface area contributed by atoms with Gasteiger partial charge in [-0.1, -0.05) is 19.6 Å². The molecule has 3 rings (SSSR count). The van der Waals surface area contributed by atoms with E-state index in [1.165, 1.54) is 25.2 Å². The van der Waals surface area contributed by atoms with Crippen LogP contribution in [0.3, 0.4) is 0 Å². The predicted molar refractivity (Wildman–Crippen MR) is 134 cm³/mol. The molecule has 0 saturated carbocycles. The first-order valence-electron chi connectivity index (χ1n) is 9.25. The quantitative estimate of drug-likeness (QED) is 0.385. The maximum atomic E-state index is 10.2. The Hall–Kier alpha value is -2.32. The molecule has 3 aromatic heterocycles. The number of nitrogens with zero attached hydrogens (tertiary/aromatic N) is 3. The number of carbonyl (C=O) groups is 2. The fourth-order valence-electron chi connectivity index (χ4n) is 2.33. The molecular formula is C23H30Br2N4O2. The van der Waals surface area contributed by atoms with Crippen LogP contribution in [-0.2, 0) is 9.59 Å². The van der Waals surface area contributed by atoms with Crippen molar-refractivity contribution in [3.8, 4) is 5.82 Å². The first-order valence-corrected chi connectivity index (χ1v) is 10.8. The van der Waals surface area contributed by atoms with Crippen LogP contribution in [0.15, 0.2) is 57.7 Å². The van der Waals surface area contributed by atoms with E-state index in [0.717, 1.165) is 15.0 Å². The summed E-state index contributed by atoms with van der Waals surface area (Å²) in [6, 6.07) is 15.5. The van der Waals surface area contributed by atoms with Crippen molar-refractivity contribution in [3.05, 3.63) is 69.1 Å². The predicted octanol–water partition coefficient (Wildman–Crippen LogP) is 6.26. The van der Waals surface area contributed by atoms with Crippen LogP contribution in [-0.4, -0.2) is 26.1 Å². The lowest BCUT2D eigenvalue weighted by molar-refractivity contribution is -0.122. The monoisotopic (exact) mass is 552 g/mol. The van der Waals surface area contributed by atoms with Gasteiger partial charge in [-0.2, -0.15) is 0 Å². The number of hydrogen-bond acceptors (Lipinski definition) is 5. The average Bonchev–Trinajstić information content (AvgIpc) is 2.99. The summed E-state index contributed by atoms with van der Waals surface area (Å²) in [5.41, 5.74) is 7.72. The zero-order valence-corrected chi connectivity index (χ0v) is 20.7. The number of anilines is 1. The number of Topliss-reactive ketones (excluding diaryl/α,β-unsaturated/α-hetero) is 2. The molecule has 0 aromatic carbocycles. The average molecular weight is 554 g/mol. The van der Waals surface area contributed by atoms with E-state index in [1.54, 1.807) is 6.07 Å². The smallest absolute Gasteiger partial charge is 0.138 e. The summed E-state index contributed by atoms with van der Waals surface area (Å²) in [7, 11) is 0. The molecule has 0 saturated heterocycles. The number of pyridine rings is 2. The molecule has 8 heteroatoms. The Labute approximate surface area is 201 Å². The summed E-state index contributed by atoms with van der Waals surface area (Å²) >= 11 is 6.54. The highest BCUT2D eigenvalue weighted by Gasteiger charge is 2.04. The fraction of sp³-hybridized carbons (Fsp3) is 0.304. The number of aromatic nitrogens is 3. The van der Waals surface area contributed by atoms with Crippen molar-refractivity contribution in [1.29, 1.82) is 0 Å². The minimum Gasteiger partial charge on any atom is -0.384 e. The van der Waals surface area contributed by atoms with E-state index in [2.05, 4.69) is 72.4 Å². The standard InChI is InChI=1S/C11H11BrN2.C6H10O2.C5H5BrN2.CH4/c1-8-6-7-9(2)14(8)11-5-3-4-10(12)13-11;1-5(7)3-4-6(2)8;6-4-2-1-3-5(7)8-4;/h3-7H,1-2H3;3-4H2,1-2H3;1-3H,(H2,7,8);1H4. The number of aryl methyl sites for hydroxylation is 2. The van der Waals surface area contributed by atoms with Crippen LogP contribution in [0.1, 0.15) is 45.5 Å². The topological polar surface area (TPSA) is 90.9 Å². The van der Waals surface area contributed by atoms with E-state index in [9.17, 15) is 9.59 Å². The van der Waals surface area contributed by atoms with Gasteiger partial charge in [0, 0.05) is 24.2 Å². The summed E-state index contributed by atoms with van der Waals surface area (Å²) in [5, 5.41) is 0. The van der Waals surface area contributed by atoms with Crippen LogP contribution in [0.5, 0.6) is 0 Å². The summed E-state index contributed by atoms with van der Waals surface area (Å²) < 4.78 is 3.77. The number of rotatable bonds is 4. The van der Waals surface area contributed by atoms with Gasteiger partial charge >= 0.3 is 0 Å². The van der Waals surface area contributed by atoms with Gasteiger partial charge in [0.25, 0.3) is 0 Å². The maximum Gasteiger partial charge on any atom is 0.138 e. The SMILES string of the molecule is C.CC(=O)CCC(C)=O.Cc1ccc(C)n1-c1cccc(Br)n1.Nc1cccc(Br)n1. The lowest BCUT2D eigenvalue weighted by atomic mass is 10.2. The van der Waals surface area contributed by atoms with Gasteiger partial charge < -0.3 is 19.9 Å². The molecule has 3 heterocycles. The van der Waals surface area contributed by atoms with Crippen LogP contribution in [0, 0.1) is 13.8 Å². The van der Waals surface area contributed by atoms with Crippen LogP contribution < -0.4 is 5.73 Å². The van der Waals surface area contributed by atoms with E-state index >= 15 is 0 Å². The van der Waals surface area contributed by atoms with Crippen molar-refractivity contribution in [2.75, 3.05) is 5.73 Å². The van der Waals surface area contributed by atoms with E-state index in [4.69, 9.17) is 5.73 Å². The van der Waals surface area contributed by atoms with Gasteiger partial charge in [-0.15, -0.1) is 0 Å². The molecule has 0 aliphatic carbocycles. The molecule has 3 aromatic rings. The molecule has 168 valence electrons. The van der Waals surface area contributed by atoms with Gasteiger partial charge in [0.1, 0.15) is 32.4 Å². The second-order valence-corrected chi connectivity index (χ2v) is 8.18. The second-order valence-electron chi connectivity index (χ2n) is 6.56. The van der Waals surface area contributed by atoms with Crippen LogP contribution in [0.4, 0.5) is 5.82 Å². The molecule has 0 aliphatic rings. The zero-order chi connectivity index (χ0) is 22.7. The van der Waals surface area contributed by atoms with Crippen molar-refractivity contribution in [3.63, 3.8) is 0 Å². The number of nitrogen functional groups attached to an aromatic ring is 1. The Morgan fingerprint density at radius 3 is 1.65 bits per heavy atom. The molecule has 31 heavy (non-hydrogen) atoms. The highest BCUT2D eigenvalue weighted by Crippen LogP contribution is 2.16. The molecule has 0 bridgehead atoms. The Bertz CT molecular complexity index is 936. The Morgan fingerprint density at radius 1 is 0.839 bits per heavy atom. The van der Waals surface area contributed by atoms with Crippen LogP contribution in [0.25, 0.3) is 5.82 Å². The van der Waals surface area contributed by atoms with Gasteiger partial charge in [0.2, 0.25) is 0 Å². The Balaban J connectivity index is 0.000000460. The molecule has 0 fully saturated rings. The second kappa shape index (κ2) is 14.6. The van der Waals surface area contributed by atoms with Crippen LogP contribution >= 0.6 is 31.9 Å². The zero-order valence-electron chi connectivity index (χ0n) is 17.5. The fourth-order valence-corrected chi connectivity index (χ4v) is 3.02. The Kier molecular flexibility index (Phi) is 13.5. The largest absolute Gasteiger partial charge is 0.384 e. The third-order valence-corrected chi connectivity index (χ3v) is 4.65. The minimum atomic E-state index is 0. The Morgan fingerprint density at radius 2 is 1.29 bits per heavy atom. The molecule has 2 N–H and O–H groups in total. The van der Waals surface area contributed by atoms with Crippen molar-refractivity contribution >= 4 is 49.2 Å². The summed E-state index contributed by atoms with van der Waals surface area (Å²) in [6.07, 6.45) is 0.796. The number of ketones is 2. The van der Waals surface area contributed by atoms with E-state index < -0.39 is 0 Å². The van der Waals surface area contributed by atoms with Gasteiger partial charge in [-0.3, -0.25) is 0 Å². The highest BCUT2D eigenvalue weighted by molar-refractivity contribution is 9.10. The van der Waals surface area contributed by atoms with E-state index in [-0.39, 0.29) is 19.0 Å². The number of hydrogen-bond donors (Lipinski definition) is 1. The van der Waals surface area contributed by atoms with Crippen LogP contribution in [0.2, 0.25) is 0 Å². The molecule has 0 unspecified atom stereocenters. The lowest BCUT2D eigenvalue weighted by Gasteiger charge is -2.07. The van der Waals surface area contributed by atoms with Gasteiger partial charge in [0.05, 0.1) is 0 Å². The molecule has 0 atom stereocenters. The third kappa shape index (κ3) is 11.6. The van der Waals surface area contributed by atoms with Gasteiger partial charge in [-0.05, 0) is 96.0 Å². The van der Waals surface area contributed by atoms with Gasteiger partial charge in [0.15, 0.2) is 0 Å². The van der Waals surface area contributed by atoms with Gasteiger partial charge in [-0.25, -0.2) is 9.97 Å². The van der Waals surface area contributed by atoms with E-state index in [1.807, 2.05) is 30.3 Å². The van der Waals surface area contributed by atoms with Crippen molar-refractivity contribution in [2.24, 2.45) is 0 Å². The first kappa shape index (κ1) is 28.7.